The minimum Gasteiger partial charge on any atom is -0.481 e. The Bertz CT molecular complexity index is 371. The summed E-state index contributed by atoms with van der Waals surface area (Å²) in [6, 6.07) is 0. The summed E-state index contributed by atoms with van der Waals surface area (Å²) < 4.78 is 5.71. The lowest BCUT2D eigenvalue weighted by molar-refractivity contribution is -0.147. The number of hydrogen-bond acceptors (Lipinski definition) is 3. The molecule has 0 aliphatic carbocycles. The standard InChI is InChI=1S/C15H25NO4/c1-10-7-12(15(18)19)9-16(8-10)14(17)6-5-13-4-3-11(2)20-13/h10-13H,3-9H2,1-2H3,(H,18,19). The number of hydrogen-bond donors (Lipinski definition) is 1. The van der Waals surface area contributed by atoms with Gasteiger partial charge < -0.3 is 14.7 Å². The summed E-state index contributed by atoms with van der Waals surface area (Å²) in [5, 5.41) is 9.13. The normalized spacial score (nSPS) is 34.2. The molecule has 4 unspecified atom stereocenters. The van der Waals surface area contributed by atoms with Crippen LogP contribution < -0.4 is 0 Å². The van der Waals surface area contributed by atoms with E-state index in [0.717, 1.165) is 19.3 Å². The molecule has 2 aliphatic heterocycles. The van der Waals surface area contributed by atoms with Crippen LogP contribution in [-0.4, -0.2) is 47.2 Å². The topological polar surface area (TPSA) is 66.8 Å². The summed E-state index contributed by atoms with van der Waals surface area (Å²) in [4.78, 5) is 25.1. The third kappa shape index (κ3) is 3.95. The first-order valence-electron chi connectivity index (χ1n) is 7.61. The van der Waals surface area contributed by atoms with Crippen molar-refractivity contribution >= 4 is 11.9 Å². The number of carbonyl (C=O) groups excluding carboxylic acids is 1. The summed E-state index contributed by atoms with van der Waals surface area (Å²) in [6.07, 6.45) is 4.50. The number of aliphatic carboxylic acids is 1. The Labute approximate surface area is 120 Å². The monoisotopic (exact) mass is 283 g/mol. The van der Waals surface area contributed by atoms with E-state index in [4.69, 9.17) is 9.84 Å². The Hall–Kier alpha value is -1.10. The molecule has 5 heteroatoms. The maximum Gasteiger partial charge on any atom is 0.308 e. The fraction of sp³-hybridized carbons (Fsp3) is 0.867. The van der Waals surface area contributed by atoms with E-state index in [1.165, 1.54) is 0 Å². The van der Waals surface area contributed by atoms with E-state index >= 15 is 0 Å². The molecule has 4 atom stereocenters. The third-order valence-electron chi connectivity index (χ3n) is 4.36. The molecule has 5 nitrogen and oxygen atoms in total. The van der Waals surface area contributed by atoms with Crippen LogP contribution in [0.2, 0.25) is 0 Å². The number of carboxylic acid groups (broad SMARTS) is 1. The summed E-state index contributed by atoms with van der Waals surface area (Å²) in [5.74, 6) is -0.866. The minimum absolute atomic E-state index is 0.0750. The first-order valence-corrected chi connectivity index (χ1v) is 7.61. The molecular weight excluding hydrogens is 258 g/mol. The van der Waals surface area contributed by atoms with Crippen molar-refractivity contribution in [1.29, 1.82) is 0 Å². The van der Waals surface area contributed by atoms with Crippen molar-refractivity contribution in [2.45, 2.75) is 58.2 Å². The van der Waals surface area contributed by atoms with Gasteiger partial charge in [-0.1, -0.05) is 6.92 Å². The predicted octanol–water partition coefficient (Wildman–Crippen LogP) is 1.90. The van der Waals surface area contributed by atoms with Crippen LogP contribution in [0.3, 0.4) is 0 Å². The minimum atomic E-state index is -0.790. The molecule has 114 valence electrons. The number of ether oxygens (including phenoxy) is 1. The van der Waals surface area contributed by atoms with Gasteiger partial charge in [-0.15, -0.1) is 0 Å². The van der Waals surface area contributed by atoms with Gasteiger partial charge in [0.25, 0.3) is 0 Å². The molecule has 0 radical (unpaired) electrons. The van der Waals surface area contributed by atoms with Gasteiger partial charge in [0.15, 0.2) is 0 Å². The van der Waals surface area contributed by atoms with Crippen LogP contribution in [-0.2, 0) is 14.3 Å². The van der Waals surface area contributed by atoms with Crippen molar-refractivity contribution in [3.05, 3.63) is 0 Å². The lowest BCUT2D eigenvalue weighted by Crippen LogP contribution is -2.45. The number of piperidine rings is 1. The number of carbonyl (C=O) groups is 2. The Balaban J connectivity index is 1.80. The van der Waals surface area contributed by atoms with Crippen molar-refractivity contribution in [2.24, 2.45) is 11.8 Å². The van der Waals surface area contributed by atoms with Crippen LogP contribution in [0.5, 0.6) is 0 Å². The van der Waals surface area contributed by atoms with Gasteiger partial charge in [-0.2, -0.15) is 0 Å². The SMILES string of the molecule is CC1CC(C(=O)O)CN(C(=O)CCC2CCC(C)O2)C1. The smallest absolute Gasteiger partial charge is 0.308 e. The number of nitrogens with zero attached hydrogens (tertiary/aromatic N) is 1. The zero-order chi connectivity index (χ0) is 14.7. The molecule has 2 rings (SSSR count). The van der Waals surface area contributed by atoms with Crippen LogP contribution in [0.1, 0.15) is 46.0 Å². The molecule has 1 amide bonds. The Morgan fingerprint density at radius 1 is 1.25 bits per heavy atom. The van der Waals surface area contributed by atoms with Crippen molar-refractivity contribution in [3.8, 4) is 0 Å². The molecule has 2 aliphatic rings. The molecule has 0 aromatic heterocycles. The van der Waals surface area contributed by atoms with Gasteiger partial charge in [0.05, 0.1) is 18.1 Å². The quantitative estimate of drug-likeness (QED) is 0.855. The van der Waals surface area contributed by atoms with Gasteiger partial charge in [-0.3, -0.25) is 9.59 Å². The molecular formula is C15H25NO4. The van der Waals surface area contributed by atoms with Crippen LogP contribution >= 0.6 is 0 Å². The van der Waals surface area contributed by atoms with Gasteiger partial charge in [-0.25, -0.2) is 0 Å². The first kappa shape index (κ1) is 15.3. The highest BCUT2D eigenvalue weighted by atomic mass is 16.5. The molecule has 1 N–H and O–H groups in total. The zero-order valence-electron chi connectivity index (χ0n) is 12.4. The molecule has 0 saturated carbocycles. The summed E-state index contributed by atoms with van der Waals surface area (Å²) in [5.41, 5.74) is 0. The highest BCUT2D eigenvalue weighted by molar-refractivity contribution is 5.78. The molecule has 2 saturated heterocycles. The van der Waals surface area contributed by atoms with E-state index in [9.17, 15) is 9.59 Å². The van der Waals surface area contributed by atoms with E-state index in [-0.39, 0.29) is 17.9 Å². The van der Waals surface area contributed by atoms with E-state index in [1.807, 2.05) is 6.92 Å². The Morgan fingerprint density at radius 2 is 2.00 bits per heavy atom. The van der Waals surface area contributed by atoms with Crippen LogP contribution in [0.25, 0.3) is 0 Å². The average Bonchev–Trinajstić information content (AvgIpc) is 2.81. The molecule has 2 heterocycles. The maximum absolute atomic E-state index is 12.2. The molecule has 20 heavy (non-hydrogen) atoms. The van der Waals surface area contributed by atoms with Crippen LogP contribution in [0, 0.1) is 11.8 Å². The highest BCUT2D eigenvalue weighted by Crippen LogP contribution is 2.25. The molecule has 0 bridgehead atoms. The number of carboxylic acids is 1. The van der Waals surface area contributed by atoms with E-state index < -0.39 is 11.9 Å². The zero-order valence-corrected chi connectivity index (χ0v) is 12.4. The van der Waals surface area contributed by atoms with Crippen molar-refractivity contribution in [3.63, 3.8) is 0 Å². The Kier molecular flexibility index (Phi) is 5.02. The molecule has 2 fully saturated rings. The maximum atomic E-state index is 12.2. The third-order valence-corrected chi connectivity index (χ3v) is 4.36. The van der Waals surface area contributed by atoms with Gasteiger partial charge in [-0.05, 0) is 38.5 Å². The van der Waals surface area contributed by atoms with Crippen molar-refractivity contribution in [1.82, 2.24) is 4.90 Å². The van der Waals surface area contributed by atoms with Gasteiger partial charge in [0.2, 0.25) is 5.91 Å². The van der Waals surface area contributed by atoms with Gasteiger partial charge >= 0.3 is 5.97 Å². The first-order chi connectivity index (χ1) is 9.45. The lowest BCUT2D eigenvalue weighted by Gasteiger charge is -2.35. The van der Waals surface area contributed by atoms with E-state index in [1.54, 1.807) is 4.90 Å². The average molecular weight is 283 g/mol. The highest BCUT2D eigenvalue weighted by Gasteiger charge is 2.32. The number of likely N-dealkylation sites (tertiary alicyclic amines) is 1. The summed E-state index contributed by atoms with van der Waals surface area (Å²) in [6.45, 7) is 5.12. The summed E-state index contributed by atoms with van der Waals surface area (Å²) >= 11 is 0. The van der Waals surface area contributed by atoms with Crippen LogP contribution in [0.15, 0.2) is 0 Å². The van der Waals surface area contributed by atoms with Gasteiger partial charge in [0.1, 0.15) is 0 Å². The van der Waals surface area contributed by atoms with Crippen molar-refractivity contribution in [2.75, 3.05) is 13.1 Å². The number of rotatable bonds is 4. The van der Waals surface area contributed by atoms with Gasteiger partial charge in [0, 0.05) is 19.5 Å². The second kappa shape index (κ2) is 6.57. The second-order valence-electron chi connectivity index (χ2n) is 6.36. The fourth-order valence-corrected chi connectivity index (χ4v) is 3.27. The lowest BCUT2D eigenvalue weighted by atomic mass is 9.90. The fourth-order valence-electron chi connectivity index (χ4n) is 3.27. The molecule has 0 aromatic rings. The molecule has 0 spiro atoms. The predicted molar refractivity (Wildman–Crippen MR) is 74.3 cm³/mol. The van der Waals surface area contributed by atoms with E-state index in [0.29, 0.717) is 32.0 Å². The number of amides is 1. The summed E-state index contributed by atoms with van der Waals surface area (Å²) in [7, 11) is 0. The largest absolute Gasteiger partial charge is 0.481 e. The van der Waals surface area contributed by atoms with Crippen LogP contribution in [0.4, 0.5) is 0 Å². The molecule has 0 aromatic carbocycles. The Morgan fingerprint density at radius 3 is 2.60 bits per heavy atom. The van der Waals surface area contributed by atoms with Crippen molar-refractivity contribution < 1.29 is 19.4 Å². The van der Waals surface area contributed by atoms with E-state index in [2.05, 4.69) is 6.92 Å². The second-order valence-corrected chi connectivity index (χ2v) is 6.36.